The van der Waals surface area contributed by atoms with Gasteiger partial charge in [-0.25, -0.2) is 8.42 Å². The molecule has 1 fully saturated rings. The summed E-state index contributed by atoms with van der Waals surface area (Å²) in [6.45, 7) is 6.40. The lowest BCUT2D eigenvalue weighted by atomic mass is 10.1. The smallest absolute Gasteiger partial charge is 0.347 e. The molecule has 1 heterocycles. The second kappa shape index (κ2) is 6.56. The largest absolute Gasteiger partial charge is 0.408 e. The molecule has 144 valence electrons. The molecule has 0 aliphatic heterocycles. The molecule has 1 atom stereocenters. The summed E-state index contributed by atoms with van der Waals surface area (Å²) in [4.78, 5) is 0. The number of nitrogens with one attached hydrogen (secondary N) is 1. The van der Waals surface area contributed by atoms with Crippen LogP contribution in [0.4, 0.5) is 13.2 Å². The number of alkyl halides is 3. The molecule has 1 aromatic carbocycles. The molecule has 8 heteroatoms. The van der Waals surface area contributed by atoms with Gasteiger partial charge < -0.3 is 4.57 Å². The minimum Gasteiger partial charge on any atom is -0.347 e. The maximum absolute atomic E-state index is 13.8. The van der Waals surface area contributed by atoms with E-state index in [0.717, 1.165) is 5.56 Å². The highest BCUT2D eigenvalue weighted by Gasteiger charge is 2.47. The van der Waals surface area contributed by atoms with Crippen LogP contribution in [0.3, 0.4) is 0 Å². The molecule has 0 radical (unpaired) electrons. The van der Waals surface area contributed by atoms with Gasteiger partial charge in [0.15, 0.2) is 0 Å². The number of rotatable bonds is 6. The predicted octanol–water partition coefficient (Wildman–Crippen LogP) is 4.29. The second-order valence-electron chi connectivity index (χ2n) is 7.49. The van der Waals surface area contributed by atoms with Crippen LogP contribution < -0.4 is 4.72 Å². The van der Waals surface area contributed by atoms with Gasteiger partial charge >= 0.3 is 6.18 Å². The maximum Gasteiger partial charge on any atom is 0.408 e. The monoisotopic (exact) mass is 388 g/mol. The molecule has 4 nitrogen and oxygen atoms in total. The highest BCUT2D eigenvalue weighted by atomic mass is 32.2. The number of aromatic nitrogens is 1. The molecule has 0 amide bonds. The van der Waals surface area contributed by atoms with Crippen molar-refractivity contribution in [2.45, 2.75) is 57.6 Å². The van der Waals surface area contributed by atoms with Crippen LogP contribution in [-0.2, 0) is 16.6 Å². The average Bonchev–Trinajstić information content (AvgIpc) is 3.29. The van der Waals surface area contributed by atoms with E-state index in [1.165, 1.54) is 6.20 Å². The first-order valence-corrected chi connectivity index (χ1v) is 10.2. The van der Waals surface area contributed by atoms with Crippen LogP contribution in [0.1, 0.15) is 43.9 Å². The van der Waals surface area contributed by atoms with Gasteiger partial charge in [0.05, 0.1) is 5.25 Å². The van der Waals surface area contributed by atoms with Crippen LogP contribution in [0.25, 0.3) is 10.9 Å². The van der Waals surface area contributed by atoms with Crippen molar-refractivity contribution < 1.29 is 21.6 Å². The van der Waals surface area contributed by atoms with Crippen molar-refractivity contribution in [3.8, 4) is 0 Å². The number of benzene rings is 1. The van der Waals surface area contributed by atoms with E-state index in [2.05, 4.69) is 0 Å². The summed E-state index contributed by atoms with van der Waals surface area (Å²) in [6, 6.07) is 2.98. The summed E-state index contributed by atoms with van der Waals surface area (Å²) >= 11 is 0. The van der Waals surface area contributed by atoms with Gasteiger partial charge in [0.1, 0.15) is 6.04 Å². The lowest BCUT2D eigenvalue weighted by molar-refractivity contribution is -0.152. The summed E-state index contributed by atoms with van der Waals surface area (Å²) in [5.74, 6) is 0.242. The van der Waals surface area contributed by atoms with Crippen LogP contribution in [0.2, 0.25) is 0 Å². The van der Waals surface area contributed by atoms with Crippen LogP contribution in [-0.4, -0.2) is 24.4 Å². The molecule has 1 aromatic heterocycles. The molecule has 0 saturated heterocycles. The minimum absolute atomic E-state index is 0.0441. The van der Waals surface area contributed by atoms with E-state index in [-0.39, 0.29) is 11.5 Å². The van der Waals surface area contributed by atoms with Crippen LogP contribution in [0.15, 0.2) is 24.4 Å². The quantitative estimate of drug-likeness (QED) is 0.803. The molecule has 1 N–H and O–H groups in total. The number of aryl methyl sites for hydroxylation is 1. The van der Waals surface area contributed by atoms with Crippen molar-refractivity contribution in [3.63, 3.8) is 0 Å². The van der Waals surface area contributed by atoms with Gasteiger partial charge in [0, 0.05) is 29.2 Å². The Morgan fingerprint density at radius 3 is 2.46 bits per heavy atom. The second-order valence-corrected chi connectivity index (χ2v) is 9.48. The molecule has 26 heavy (non-hydrogen) atoms. The Bertz CT molecular complexity index is 912. The fourth-order valence-electron chi connectivity index (χ4n) is 3.15. The predicted molar refractivity (Wildman–Crippen MR) is 95.4 cm³/mol. The lowest BCUT2D eigenvalue weighted by Crippen LogP contribution is -2.39. The topological polar surface area (TPSA) is 51.1 Å². The third kappa shape index (κ3) is 3.91. The maximum atomic E-state index is 13.8. The Kier molecular flexibility index (Phi) is 4.85. The Morgan fingerprint density at radius 2 is 1.92 bits per heavy atom. The molecule has 1 saturated carbocycles. The normalized spacial score (nSPS) is 17.2. The molecular formula is C18H23F3N2O2S. The molecule has 0 bridgehead atoms. The Labute approximate surface area is 151 Å². The highest BCUT2D eigenvalue weighted by Crippen LogP contribution is 2.40. The number of nitrogens with zero attached hydrogens (tertiary/aromatic N) is 1. The number of fused-ring (bicyclic) bond motifs is 1. The van der Waals surface area contributed by atoms with Crippen molar-refractivity contribution in [2.75, 3.05) is 0 Å². The zero-order valence-corrected chi connectivity index (χ0v) is 15.8. The average molecular weight is 388 g/mol. The number of sulfonamides is 1. The van der Waals surface area contributed by atoms with Crippen molar-refractivity contribution in [1.29, 1.82) is 0 Å². The van der Waals surface area contributed by atoms with E-state index in [1.807, 2.05) is 31.6 Å². The molecular weight excluding hydrogens is 365 g/mol. The van der Waals surface area contributed by atoms with Crippen molar-refractivity contribution in [1.82, 2.24) is 9.29 Å². The van der Waals surface area contributed by atoms with E-state index < -0.39 is 27.5 Å². The summed E-state index contributed by atoms with van der Waals surface area (Å²) in [5, 5.41) is -0.282. The Balaban J connectivity index is 2.13. The van der Waals surface area contributed by atoms with E-state index in [0.29, 0.717) is 30.3 Å². The summed E-state index contributed by atoms with van der Waals surface area (Å²) in [6.07, 6.45) is -2.45. The third-order valence-corrected chi connectivity index (χ3v) is 6.43. The fourth-order valence-corrected chi connectivity index (χ4v) is 4.69. The van der Waals surface area contributed by atoms with Gasteiger partial charge in [-0.3, -0.25) is 0 Å². The first kappa shape index (κ1) is 19.2. The van der Waals surface area contributed by atoms with Gasteiger partial charge in [-0.1, -0.05) is 26.0 Å². The van der Waals surface area contributed by atoms with Crippen LogP contribution in [0.5, 0.6) is 0 Å². The molecule has 3 rings (SSSR count). The first-order chi connectivity index (χ1) is 12.0. The Morgan fingerprint density at radius 1 is 1.27 bits per heavy atom. The molecule has 1 aliphatic rings. The van der Waals surface area contributed by atoms with Crippen molar-refractivity contribution >= 4 is 20.9 Å². The van der Waals surface area contributed by atoms with E-state index in [4.69, 9.17) is 0 Å². The molecule has 1 aliphatic carbocycles. The summed E-state index contributed by atoms with van der Waals surface area (Å²) in [7, 11) is -3.99. The minimum atomic E-state index is -4.72. The molecule has 2 aromatic rings. The molecule has 0 spiro atoms. The standard InChI is InChI=1S/C18H23F3N2O2S/c1-11(2)9-23-10-15(14-7-4-12(3)8-16(14)23)17(18(19,20)21)22-26(24,25)13-5-6-13/h4,7-8,10-11,13,17,22H,5-6,9H2,1-3H3/t17-/m0/s1. The van der Waals surface area contributed by atoms with E-state index >= 15 is 0 Å². The number of hydrogen-bond acceptors (Lipinski definition) is 2. The highest BCUT2D eigenvalue weighted by molar-refractivity contribution is 7.90. The molecule has 0 unspecified atom stereocenters. The van der Waals surface area contributed by atoms with Gasteiger partial charge in [-0.2, -0.15) is 17.9 Å². The van der Waals surface area contributed by atoms with Crippen LogP contribution in [0, 0.1) is 12.8 Å². The third-order valence-electron chi connectivity index (χ3n) is 4.51. The van der Waals surface area contributed by atoms with Gasteiger partial charge in [-0.05, 0) is 37.3 Å². The SMILES string of the molecule is Cc1ccc2c([C@H](NS(=O)(=O)C3CC3)C(F)(F)F)cn(CC(C)C)c2c1. The number of hydrogen-bond donors (Lipinski definition) is 1. The van der Waals surface area contributed by atoms with Crippen LogP contribution >= 0.6 is 0 Å². The zero-order valence-electron chi connectivity index (χ0n) is 15.0. The summed E-state index contributed by atoms with van der Waals surface area (Å²) in [5.41, 5.74) is 1.58. The van der Waals surface area contributed by atoms with Gasteiger partial charge in [0.25, 0.3) is 0 Å². The van der Waals surface area contributed by atoms with Gasteiger partial charge in [0.2, 0.25) is 10.0 Å². The van der Waals surface area contributed by atoms with E-state index in [9.17, 15) is 21.6 Å². The van der Waals surface area contributed by atoms with Crippen molar-refractivity contribution in [3.05, 3.63) is 35.5 Å². The van der Waals surface area contributed by atoms with Gasteiger partial charge in [-0.15, -0.1) is 0 Å². The first-order valence-electron chi connectivity index (χ1n) is 8.66. The fraction of sp³-hybridized carbons (Fsp3) is 0.556. The Hall–Kier alpha value is -1.54. The lowest BCUT2D eigenvalue weighted by Gasteiger charge is -2.21. The summed E-state index contributed by atoms with van der Waals surface area (Å²) < 4.78 is 69.4. The zero-order chi connectivity index (χ0) is 19.3. The van der Waals surface area contributed by atoms with E-state index in [1.54, 1.807) is 16.7 Å². The van der Waals surface area contributed by atoms with Crippen molar-refractivity contribution in [2.24, 2.45) is 5.92 Å². The number of halogens is 3.